The minimum Gasteiger partial charge on any atom is -0.457 e. The summed E-state index contributed by atoms with van der Waals surface area (Å²) in [5, 5.41) is 10.5. The van der Waals surface area contributed by atoms with Gasteiger partial charge in [-0.15, -0.1) is 0 Å². The fourth-order valence-corrected chi connectivity index (χ4v) is 2.27. The second-order valence-corrected chi connectivity index (χ2v) is 5.11. The molecule has 0 aliphatic carbocycles. The number of rotatable bonds is 5. The van der Waals surface area contributed by atoms with E-state index >= 15 is 0 Å². The van der Waals surface area contributed by atoms with Gasteiger partial charge in [0.1, 0.15) is 11.5 Å². The summed E-state index contributed by atoms with van der Waals surface area (Å²) in [7, 11) is 0. The van der Waals surface area contributed by atoms with Crippen LogP contribution in [0.1, 0.15) is 37.5 Å². The van der Waals surface area contributed by atoms with Crippen LogP contribution in [-0.4, -0.2) is 5.11 Å². The molecule has 0 saturated carbocycles. The van der Waals surface area contributed by atoms with Crippen molar-refractivity contribution in [3.8, 4) is 11.5 Å². The minimum atomic E-state index is -0.411. The third-order valence-electron chi connectivity index (χ3n) is 3.29. The number of hydrogen-bond donors (Lipinski definition) is 1. The molecule has 0 spiro atoms. The fraction of sp³-hybridized carbons (Fsp3) is 0.294. The van der Waals surface area contributed by atoms with Crippen LogP contribution in [0, 0.1) is 0 Å². The standard InChI is InChI=1S/C17H19ClO2/c1-3-12-11-15(9-10-16(12)18)20-14-7-5-13(6-8-14)17(19)4-2/h5-11,17,19H,3-4H2,1-2H3. The van der Waals surface area contributed by atoms with Crippen molar-refractivity contribution in [1.29, 1.82) is 0 Å². The summed E-state index contributed by atoms with van der Waals surface area (Å²) in [5.41, 5.74) is 1.98. The van der Waals surface area contributed by atoms with E-state index in [1.54, 1.807) is 0 Å². The predicted octanol–water partition coefficient (Wildman–Crippen LogP) is 5.14. The lowest BCUT2D eigenvalue weighted by Gasteiger charge is -2.11. The second kappa shape index (κ2) is 6.78. The molecule has 106 valence electrons. The van der Waals surface area contributed by atoms with Gasteiger partial charge in [-0.25, -0.2) is 0 Å². The third kappa shape index (κ3) is 3.53. The summed E-state index contributed by atoms with van der Waals surface area (Å²) >= 11 is 6.09. The average molecular weight is 291 g/mol. The lowest BCUT2D eigenvalue weighted by molar-refractivity contribution is 0.173. The largest absolute Gasteiger partial charge is 0.457 e. The van der Waals surface area contributed by atoms with Crippen LogP contribution in [0.5, 0.6) is 11.5 Å². The number of ether oxygens (including phenoxy) is 1. The zero-order valence-electron chi connectivity index (χ0n) is 11.8. The van der Waals surface area contributed by atoms with Crippen molar-refractivity contribution in [2.75, 3.05) is 0 Å². The number of aliphatic hydroxyl groups is 1. The highest BCUT2D eigenvalue weighted by atomic mass is 35.5. The van der Waals surface area contributed by atoms with E-state index < -0.39 is 6.10 Å². The number of halogens is 1. The first-order valence-corrected chi connectivity index (χ1v) is 7.26. The van der Waals surface area contributed by atoms with E-state index in [9.17, 15) is 5.11 Å². The summed E-state index contributed by atoms with van der Waals surface area (Å²) in [5.74, 6) is 1.52. The van der Waals surface area contributed by atoms with Crippen LogP contribution in [0.2, 0.25) is 5.02 Å². The Balaban J connectivity index is 2.14. The third-order valence-corrected chi connectivity index (χ3v) is 3.65. The maximum absolute atomic E-state index is 9.75. The van der Waals surface area contributed by atoms with E-state index in [1.807, 2.05) is 49.4 Å². The summed E-state index contributed by atoms with van der Waals surface area (Å²) in [6.45, 7) is 4.01. The zero-order chi connectivity index (χ0) is 14.5. The number of hydrogen-bond acceptors (Lipinski definition) is 2. The molecule has 2 aromatic rings. The normalized spacial score (nSPS) is 12.2. The Bertz CT molecular complexity index is 564. The highest BCUT2D eigenvalue weighted by Crippen LogP contribution is 2.28. The van der Waals surface area contributed by atoms with Gasteiger partial charge in [-0.1, -0.05) is 37.6 Å². The van der Waals surface area contributed by atoms with E-state index in [2.05, 4.69) is 6.92 Å². The molecule has 0 aromatic heterocycles. The monoisotopic (exact) mass is 290 g/mol. The van der Waals surface area contributed by atoms with Crippen molar-refractivity contribution in [2.24, 2.45) is 0 Å². The molecule has 1 atom stereocenters. The highest BCUT2D eigenvalue weighted by Gasteiger charge is 2.06. The smallest absolute Gasteiger partial charge is 0.127 e. The maximum atomic E-state index is 9.75. The van der Waals surface area contributed by atoms with Crippen molar-refractivity contribution in [2.45, 2.75) is 32.8 Å². The first kappa shape index (κ1) is 14.9. The topological polar surface area (TPSA) is 29.5 Å². The molecule has 1 unspecified atom stereocenters. The molecule has 0 aliphatic heterocycles. The molecule has 3 heteroatoms. The van der Waals surface area contributed by atoms with Gasteiger partial charge < -0.3 is 9.84 Å². The Labute approximate surface area is 125 Å². The fourth-order valence-electron chi connectivity index (χ4n) is 2.02. The maximum Gasteiger partial charge on any atom is 0.127 e. The van der Waals surface area contributed by atoms with Crippen LogP contribution in [0.3, 0.4) is 0 Å². The summed E-state index contributed by atoms with van der Waals surface area (Å²) in [4.78, 5) is 0. The molecule has 0 amide bonds. The van der Waals surface area contributed by atoms with Gasteiger partial charge in [0.05, 0.1) is 6.10 Å². The Morgan fingerprint density at radius 3 is 2.30 bits per heavy atom. The van der Waals surface area contributed by atoms with Crippen LogP contribution in [0.25, 0.3) is 0 Å². The van der Waals surface area contributed by atoms with E-state index in [-0.39, 0.29) is 0 Å². The van der Waals surface area contributed by atoms with Gasteiger partial charge in [-0.3, -0.25) is 0 Å². The van der Waals surface area contributed by atoms with Crippen LogP contribution < -0.4 is 4.74 Å². The lowest BCUT2D eigenvalue weighted by atomic mass is 10.1. The second-order valence-electron chi connectivity index (χ2n) is 4.70. The predicted molar refractivity (Wildman–Crippen MR) is 82.6 cm³/mol. The van der Waals surface area contributed by atoms with Gasteiger partial charge in [-0.2, -0.15) is 0 Å². The van der Waals surface area contributed by atoms with Gasteiger partial charge in [0.25, 0.3) is 0 Å². The van der Waals surface area contributed by atoms with Gasteiger partial charge in [0.2, 0.25) is 0 Å². The van der Waals surface area contributed by atoms with Gasteiger partial charge in [0.15, 0.2) is 0 Å². The summed E-state index contributed by atoms with van der Waals surface area (Å²) < 4.78 is 5.80. The first-order chi connectivity index (χ1) is 9.63. The van der Waals surface area contributed by atoms with E-state index in [1.165, 1.54) is 0 Å². The Morgan fingerprint density at radius 1 is 1.05 bits per heavy atom. The van der Waals surface area contributed by atoms with Crippen molar-refractivity contribution in [3.63, 3.8) is 0 Å². The Kier molecular flexibility index (Phi) is 5.05. The Morgan fingerprint density at radius 2 is 1.70 bits per heavy atom. The van der Waals surface area contributed by atoms with Gasteiger partial charge in [-0.05, 0) is 54.3 Å². The highest BCUT2D eigenvalue weighted by molar-refractivity contribution is 6.31. The molecular weight excluding hydrogens is 272 g/mol. The molecule has 2 rings (SSSR count). The zero-order valence-corrected chi connectivity index (χ0v) is 12.5. The van der Waals surface area contributed by atoms with Crippen LogP contribution in [0.4, 0.5) is 0 Å². The van der Waals surface area contributed by atoms with Gasteiger partial charge >= 0.3 is 0 Å². The van der Waals surface area contributed by atoms with Crippen molar-refractivity contribution < 1.29 is 9.84 Å². The minimum absolute atomic E-state index is 0.411. The Hall–Kier alpha value is -1.51. The molecule has 1 N–H and O–H groups in total. The molecular formula is C17H19ClO2. The number of aliphatic hydroxyl groups excluding tert-OH is 1. The average Bonchev–Trinajstić information content (AvgIpc) is 2.49. The molecule has 0 radical (unpaired) electrons. The molecule has 0 aliphatic rings. The van der Waals surface area contributed by atoms with Crippen LogP contribution in [-0.2, 0) is 6.42 Å². The number of benzene rings is 2. The molecule has 0 saturated heterocycles. The molecule has 2 nitrogen and oxygen atoms in total. The van der Waals surface area contributed by atoms with Crippen molar-refractivity contribution in [1.82, 2.24) is 0 Å². The van der Waals surface area contributed by atoms with Gasteiger partial charge in [0, 0.05) is 5.02 Å². The summed E-state index contributed by atoms with van der Waals surface area (Å²) in [6.07, 6.45) is 1.17. The SMILES string of the molecule is CCc1cc(Oc2ccc(C(O)CC)cc2)ccc1Cl. The van der Waals surface area contributed by atoms with E-state index in [0.29, 0.717) is 6.42 Å². The first-order valence-electron chi connectivity index (χ1n) is 6.88. The van der Waals surface area contributed by atoms with Crippen molar-refractivity contribution >= 4 is 11.6 Å². The lowest BCUT2D eigenvalue weighted by Crippen LogP contribution is -1.94. The number of aryl methyl sites for hydroxylation is 1. The molecule has 0 bridgehead atoms. The molecule has 2 aromatic carbocycles. The van der Waals surface area contributed by atoms with Crippen LogP contribution in [0.15, 0.2) is 42.5 Å². The van der Waals surface area contributed by atoms with Crippen molar-refractivity contribution in [3.05, 3.63) is 58.6 Å². The van der Waals surface area contributed by atoms with E-state index in [0.717, 1.165) is 34.1 Å². The van der Waals surface area contributed by atoms with E-state index in [4.69, 9.17) is 16.3 Å². The van der Waals surface area contributed by atoms with Crippen LogP contribution >= 0.6 is 11.6 Å². The molecule has 20 heavy (non-hydrogen) atoms. The molecule has 0 fully saturated rings. The quantitative estimate of drug-likeness (QED) is 0.826. The molecule has 0 heterocycles. The summed E-state index contributed by atoms with van der Waals surface area (Å²) in [6, 6.07) is 13.2.